The van der Waals surface area contributed by atoms with E-state index in [0.717, 1.165) is 22.6 Å². The molecule has 0 amide bonds. The van der Waals surface area contributed by atoms with Gasteiger partial charge in [-0.15, -0.1) is 0 Å². The van der Waals surface area contributed by atoms with Crippen molar-refractivity contribution in [3.63, 3.8) is 0 Å². The first-order chi connectivity index (χ1) is 9.27. The predicted molar refractivity (Wildman–Crippen MR) is 76.6 cm³/mol. The fourth-order valence-corrected chi connectivity index (χ4v) is 2.12. The third kappa shape index (κ3) is 2.88. The minimum atomic E-state index is -0.265. The second-order valence-corrected chi connectivity index (χ2v) is 4.19. The molecule has 3 heteroatoms. The number of hydrogen-bond acceptors (Lipinski definition) is 3. The van der Waals surface area contributed by atoms with Crippen molar-refractivity contribution in [2.24, 2.45) is 5.73 Å². The summed E-state index contributed by atoms with van der Waals surface area (Å²) in [6.07, 6.45) is 0. The van der Waals surface area contributed by atoms with Gasteiger partial charge in [-0.1, -0.05) is 36.4 Å². The van der Waals surface area contributed by atoms with Crippen molar-refractivity contribution in [1.82, 2.24) is 0 Å². The van der Waals surface area contributed by atoms with Crippen LogP contribution in [0.1, 0.15) is 24.1 Å². The normalized spacial score (nSPS) is 11.9. The molecule has 2 N–H and O–H groups in total. The topological polar surface area (TPSA) is 44.5 Å². The standard InChI is InChI=1S/C16H19NO2/c1-3-19-15-11-7-5-9-13(15)16(17)12-8-4-6-10-14(12)18-2/h4-11,16H,3,17H2,1-2H3. The predicted octanol–water partition coefficient (Wildman–Crippen LogP) is 3.14. The van der Waals surface area contributed by atoms with Crippen LogP contribution < -0.4 is 15.2 Å². The number of benzene rings is 2. The Morgan fingerprint density at radius 1 is 0.947 bits per heavy atom. The molecule has 0 aliphatic heterocycles. The van der Waals surface area contributed by atoms with Crippen LogP contribution in [0.15, 0.2) is 48.5 Å². The zero-order valence-electron chi connectivity index (χ0n) is 11.3. The van der Waals surface area contributed by atoms with Gasteiger partial charge in [0.2, 0.25) is 0 Å². The first kappa shape index (κ1) is 13.4. The second-order valence-electron chi connectivity index (χ2n) is 4.19. The van der Waals surface area contributed by atoms with E-state index in [1.807, 2.05) is 55.5 Å². The Morgan fingerprint density at radius 2 is 1.47 bits per heavy atom. The summed E-state index contributed by atoms with van der Waals surface area (Å²) in [6.45, 7) is 2.58. The lowest BCUT2D eigenvalue weighted by Gasteiger charge is -2.18. The van der Waals surface area contributed by atoms with E-state index >= 15 is 0 Å². The van der Waals surface area contributed by atoms with Crippen LogP contribution in [0.3, 0.4) is 0 Å². The number of ether oxygens (including phenoxy) is 2. The van der Waals surface area contributed by atoms with Gasteiger partial charge >= 0.3 is 0 Å². The molecule has 0 fully saturated rings. The second kappa shape index (κ2) is 6.25. The summed E-state index contributed by atoms with van der Waals surface area (Å²) < 4.78 is 11.0. The first-order valence-corrected chi connectivity index (χ1v) is 6.38. The zero-order valence-corrected chi connectivity index (χ0v) is 11.3. The largest absolute Gasteiger partial charge is 0.496 e. The minimum absolute atomic E-state index is 0.265. The molecule has 3 nitrogen and oxygen atoms in total. The van der Waals surface area contributed by atoms with E-state index in [0.29, 0.717) is 6.61 Å². The van der Waals surface area contributed by atoms with Crippen molar-refractivity contribution in [3.8, 4) is 11.5 Å². The summed E-state index contributed by atoms with van der Waals surface area (Å²) in [6, 6.07) is 15.4. The molecule has 0 radical (unpaired) electrons. The van der Waals surface area contributed by atoms with Crippen LogP contribution >= 0.6 is 0 Å². The van der Waals surface area contributed by atoms with Crippen LogP contribution in [0, 0.1) is 0 Å². The molecule has 0 bridgehead atoms. The van der Waals surface area contributed by atoms with Crippen molar-refractivity contribution in [1.29, 1.82) is 0 Å². The molecule has 0 spiro atoms. The molecule has 100 valence electrons. The molecule has 2 aromatic rings. The van der Waals surface area contributed by atoms with E-state index < -0.39 is 0 Å². The lowest BCUT2D eigenvalue weighted by molar-refractivity contribution is 0.335. The summed E-state index contributed by atoms with van der Waals surface area (Å²) in [5.74, 6) is 1.62. The monoisotopic (exact) mass is 257 g/mol. The maximum atomic E-state index is 6.36. The molecular weight excluding hydrogens is 238 g/mol. The maximum absolute atomic E-state index is 6.36. The molecule has 19 heavy (non-hydrogen) atoms. The average Bonchev–Trinajstić information content (AvgIpc) is 2.47. The van der Waals surface area contributed by atoms with Gasteiger partial charge in [0.25, 0.3) is 0 Å². The fraction of sp³-hybridized carbons (Fsp3) is 0.250. The molecule has 0 aliphatic carbocycles. The molecule has 1 atom stereocenters. The molecule has 2 rings (SSSR count). The molecule has 1 unspecified atom stereocenters. The molecule has 0 aromatic heterocycles. The third-order valence-electron chi connectivity index (χ3n) is 3.03. The number of methoxy groups -OCH3 is 1. The van der Waals surface area contributed by atoms with Crippen molar-refractivity contribution in [2.45, 2.75) is 13.0 Å². The van der Waals surface area contributed by atoms with E-state index in [1.165, 1.54) is 0 Å². The number of para-hydroxylation sites is 2. The number of rotatable bonds is 5. The van der Waals surface area contributed by atoms with Crippen molar-refractivity contribution >= 4 is 0 Å². The average molecular weight is 257 g/mol. The Morgan fingerprint density at radius 3 is 2.05 bits per heavy atom. The SMILES string of the molecule is CCOc1ccccc1C(N)c1ccccc1OC. The van der Waals surface area contributed by atoms with Crippen LogP contribution in [-0.2, 0) is 0 Å². The highest BCUT2D eigenvalue weighted by molar-refractivity contribution is 5.46. The summed E-state index contributed by atoms with van der Waals surface area (Å²) >= 11 is 0. The van der Waals surface area contributed by atoms with Gasteiger partial charge in [-0.25, -0.2) is 0 Å². The fourth-order valence-electron chi connectivity index (χ4n) is 2.12. The van der Waals surface area contributed by atoms with Crippen molar-refractivity contribution in [2.75, 3.05) is 13.7 Å². The highest BCUT2D eigenvalue weighted by atomic mass is 16.5. The van der Waals surface area contributed by atoms with E-state index in [1.54, 1.807) is 7.11 Å². The van der Waals surface area contributed by atoms with E-state index in [9.17, 15) is 0 Å². The van der Waals surface area contributed by atoms with Crippen LogP contribution in [0.25, 0.3) is 0 Å². The van der Waals surface area contributed by atoms with Gasteiger partial charge in [-0.05, 0) is 19.1 Å². The van der Waals surface area contributed by atoms with E-state index in [4.69, 9.17) is 15.2 Å². The van der Waals surface area contributed by atoms with Crippen molar-refractivity contribution in [3.05, 3.63) is 59.7 Å². The molecule has 2 aromatic carbocycles. The Hall–Kier alpha value is -2.00. The molecule has 0 aliphatic rings. The number of nitrogens with two attached hydrogens (primary N) is 1. The lowest BCUT2D eigenvalue weighted by Crippen LogP contribution is -2.14. The summed E-state index contributed by atoms with van der Waals surface area (Å²) in [5.41, 5.74) is 8.29. The highest BCUT2D eigenvalue weighted by Gasteiger charge is 2.17. The Labute approximate surface area is 114 Å². The lowest BCUT2D eigenvalue weighted by atomic mass is 9.98. The molecular formula is C16H19NO2. The molecule has 0 saturated carbocycles. The Balaban J connectivity index is 2.41. The summed E-state index contributed by atoms with van der Waals surface area (Å²) in [7, 11) is 1.65. The first-order valence-electron chi connectivity index (χ1n) is 6.38. The third-order valence-corrected chi connectivity index (χ3v) is 3.03. The Kier molecular flexibility index (Phi) is 4.42. The van der Waals surface area contributed by atoms with Gasteiger partial charge < -0.3 is 15.2 Å². The quantitative estimate of drug-likeness (QED) is 0.895. The van der Waals surface area contributed by atoms with Gasteiger partial charge in [0.05, 0.1) is 19.8 Å². The van der Waals surface area contributed by atoms with Crippen molar-refractivity contribution < 1.29 is 9.47 Å². The van der Waals surface area contributed by atoms with Gasteiger partial charge in [-0.3, -0.25) is 0 Å². The van der Waals surface area contributed by atoms with Crippen LogP contribution in [0.2, 0.25) is 0 Å². The highest BCUT2D eigenvalue weighted by Crippen LogP contribution is 2.32. The summed E-state index contributed by atoms with van der Waals surface area (Å²) in [4.78, 5) is 0. The van der Waals surface area contributed by atoms with Gasteiger partial charge in [0.1, 0.15) is 11.5 Å². The number of hydrogen-bond donors (Lipinski definition) is 1. The van der Waals surface area contributed by atoms with Gasteiger partial charge in [0, 0.05) is 11.1 Å². The molecule has 0 saturated heterocycles. The van der Waals surface area contributed by atoms with Gasteiger partial charge in [0.15, 0.2) is 0 Å². The zero-order chi connectivity index (χ0) is 13.7. The maximum Gasteiger partial charge on any atom is 0.124 e. The van der Waals surface area contributed by atoms with Gasteiger partial charge in [-0.2, -0.15) is 0 Å². The van der Waals surface area contributed by atoms with Crippen LogP contribution in [0.4, 0.5) is 0 Å². The summed E-state index contributed by atoms with van der Waals surface area (Å²) in [5, 5.41) is 0. The Bertz CT molecular complexity index is 540. The van der Waals surface area contributed by atoms with Crippen LogP contribution in [0.5, 0.6) is 11.5 Å². The van der Waals surface area contributed by atoms with E-state index in [-0.39, 0.29) is 6.04 Å². The van der Waals surface area contributed by atoms with E-state index in [2.05, 4.69) is 0 Å². The van der Waals surface area contributed by atoms with Crippen LogP contribution in [-0.4, -0.2) is 13.7 Å². The molecule has 0 heterocycles. The smallest absolute Gasteiger partial charge is 0.124 e. The minimum Gasteiger partial charge on any atom is -0.496 e.